The standard InChI is InChI=1S/C20H28N2O5.K.H/c1-3-27-20(26)16(12-11-15-8-5-4-6-9-15)21-14(2)18(23)22-13-7-10-17(22)19(24)25;;/h4-6,8-9,14,16-17,21H,3,7,10-13H2,1-2H3,(H,24,25);;/t14-,16-,17-;;/m0../s1. The number of carboxylic acids is 1. The Kier molecular flexibility index (Phi) is 11.5. The van der Waals surface area contributed by atoms with Gasteiger partial charge >= 0.3 is 63.3 Å². The predicted octanol–water partition coefficient (Wildman–Crippen LogP) is 0.956. The Morgan fingerprint density at radius 1 is 1.29 bits per heavy atom. The minimum absolute atomic E-state index is 0. The molecule has 1 aliphatic rings. The van der Waals surface area contributed by atoms with E-state index < -0.39 is 30.1 Å². The first kappa shape index (κ1) is 25.3. The molecule has 0 aromatic heterocycles. The zero-order valence-corrected chi connectivity index (χ0v) is 15.9. The molecule has 1 aliphatic heterocycles. The fraction of sp³-hybridized carbons (Fsp3) is 0.550. The molecule has 0 spiro atoms. The molecule has 2 N–H and O–H groups in total. The number of amides is 1. The number of nitrogens with one attached hydrogen (secondary N) is 1. The van der Waals surface area contributed by atoms with E-state index in [1.807, 2.05) is 30.3 Å². The summed E-state index contributed by atoms with van der Waals surface area (Å²) in [5.41, 5.74) is 1.10. The minimum atomic E-state index is -0.987. The van der Waals surface area contributed by atoms with Crippen LogP contribution in [0.2, 0.25) is 0 Å². The second kappa shape index (κ2) is 12.7. The number of benzene rings is 1. The van der Waals surface area contributed by atoms with Crippen LogP contribution in [0.4, 0.5) is 0 Å². The Bertz CT molecular complexity index is 655. The summed E-state index contributed by atoms with van der Waals surface area (Å²) in [6, 6.07) is 7.69. The van der Waals surface area contributed by atoms with Crippen molar-refractivity contribution >= 4 is 69.2 Å². The van der Waals surface area contributed by atoms with E-state index in [1.54, 1.807) is 13.8 Å². The number of esters is 1. The quantitative estimate of drug-likeness (QED) is 0.460. The number of carbonyl (C=O) groups excluding carboxylic acids is 2. The molecule has 1 saturated heterocycles. The molecule has 8 heteroatoms. The van der Waals surface area contributed by atoms with Crippen LogP contribution in [-0.2, 0) is 25.5 Å². The fourth-order valence-corrected chi connectivity index (χ4v) is 3.38. The van der Waals surface area contributed by atoms with Crippen molar-refractivity contribution in [2.75, 3.05) is 13.2 Å². The summed E-state index contributed by atoms with van der Waals surface area (Å²) in [6.07, 6.45) is 2.29. The van der Waals surface area contributed by atoms with Crippen LogP contribution in [0.3, 0.4) is 0 Å². The molecule has 0 unspecified atom stereocenters. The van der Waals surface area contributed by atoms with Crippen LogP contribution >= 0.6 is 0 Å². The van der Waals surface area contributed by atoms with Gasteiger partial charge in [-0.05, 0) is 45.1 Å². The molecule has 1 aromatic carbocycles. The zero-order chi connectivity index (χ0) is 19.8. The van der Waals surface area contributed by atoms with E-state index in [2.05, 4.69) is 5.32 Å². The van der Waals surface area contributed by atoms with Crippen molar-refractivity contribution in [1.82, 2.24) is 10.2 Å². The van der Waals surface area contributed by atoms with Crippen molar-refractivity contribution in [2.45, 2.75) is 57.7 Å². The van der Waals surface area contributed by atoms with Crippen molar-refractivity contribution in [1.29, 1.82) is 0 Å². The fourth-order valence-electron chi connectivity index (χ4n) is 3.38. The average molecular weight is 417 g/mol. The molecule has 2 rings (SSSR count). The van der Waals surface area contributed by atoms with Crippen LogP contribution in [0, 0.1) is 0 Å². The third kappa shape index (κ3) is 7.24. The van der Waals surface area contributed by atoms with Gasteiger partial charge in [0.05, 0.1) is 12.6 Å². The van der Waals surface area contributed by atoms with Crippen molar-refractivity contribution < 1.29 is 24.2 Å². The number of hydrogen-bond acceptors (Lipinski definition) is 5. The number of carbonyl (C=O) groups is 3. The van der Waals surface area contributed by atoms with E-state index in [-0.39, 0.29) is 63.9 Å². The van der Waals surface area contributed by atoms with Crippen LogP contribution in [0.5, 0.6) is 0 Å². The number of nitrogens with zero attached hydrogens (tertiary/aromatic N) is 1. The number of likely N-dealkylation sites (tertiary alicyclic amines) is 1. The van der Waals surface area contributed by atoms with Crippen molar-refractivity contribution in [2.24, 2.45) is 0 Å². The van der Waals surface area contributed by atoms with Gasteiger partial charge in [0.1, 0.15) is 12.1 Å². The monoisotopic (exact) mass is 416 g/mol. The van der Waals surface area contributed by atoms with E-state index in [1.165, 1.54) is 4.90 Å². The molecule has 3 atom stereocenters. The molecule has 7 nitrogen and oxygen atoms in total. The van der Waals surface area contributed by atoms with Crippen LogP contribution in [-0.4, -0.2) is 111 Å². The van der Waals surface area contributed by atoms with Crippen molar-refractivity contribution in [3.8, 4) is 0 Å². The Morgan fingerprint density at radius 2 is 1.96 bits per heavy atom. The molecule has 0 bridgehead atoms. The molecule has 0 saturated carbocycles. The van der Waals surface area contributed by atoms with Gasteiger partial charge in [0.2, 0.25) is 5.91 Å². The van der Waals surface area contributed by atoms with E-state index in [4.69, 9.17) is 4.74 Å². The van der Waals surface area contributed by atoms with Crippen molar-refractivity contribution in [3.05, 3.63) is 35.9 Å². The van der Waals surface area contributed by atoms with Gasteiger partial charge in [-0.15, -0.1) is 0 Å². The normalized spacial score (nSPS) is 18.1. The summed E-state index contributed by atoms with van der Waals surface area (Å²) < 4.78 is 5.14. The summed E-state index contributed by atoms with van der Waals surface area (Å²) in [7, 11) is 0. The van der Waals surface area contributed by atoms with Gasteiger partial charge in [-0.25, -0.2) is 4.79 Å². The second-order valence-electron chi connectivity index (χ2n) is 6.75. The average Bonchev–Trinajstić information content (AvgIpc) is 3.15. The Morgan fingerprint density at radius 3 is 2.57 bits per heavy atom. The number of hydrogen-bond donors (Lipinski definition) is 2. The Hall–Kier alpha value is -0.774. The zero-order valence-electron chi connectivity index (χ0n) is 15.9. The van der Waals surface area contributed by atoms with Gasteiger partial charge in [0.15, 0.2) is 0 Å². The van der Waals surface area contributed by atoms with E-state index in [9.17, 15) is 19.5 Å². The predicted molar refractivity (Wildman–Crippen MR) is 107 cm³/mol. The van der Waals surface area contributed by atoms with E-state index in [0.29, 0.717) is 32.2 Å². The van der Waals surface area contributed by atoms with Crippen molar-refractivity contribution in [3.63, 3.8) is 0 Å². The molecule has 1 amide bonds. The number of aryl methyl sites for hydroxylation is 1. The molecule has 1 heterocycles. The first-order valence-electron chi connectivity index (χ1n) is 9.44. The molecule has 1 fully saturated rings. The Balaban J connectivity index is 0.00000392. The first-order valence-corrected chi connectivity index (χ1v) is 9.44. The van der Waals surface area contributed by atoms with Gasteiger partial charge in [0.25, 0.3) is 0 Å². The maximum atomic E-state index is 12.7. The van der Waals surface area contributed by atoms with Crippen LogP contribution in [0.15, 0.2) is 30.3 Å². The number of aliphatic carboxylic acids is 1. The summed E-state index contributed by atoms with van der Waals surface area (Å²) in [4.78, 5) is 37.7. The Labute approximate surface area is 208 Å². The molecule has 150 valence electrons. The SMILES string of the molecule is CCOC(=O)[C@H](CCc1ccccc1)N[C@@H](C)C(=O)N1CCC[C@H]1C(=O)O.[KH]. The van der Waals surface area contributed by atoms with Gasteiger partial charge in [-0.2, -0.15) is 0 Å². The van der Waals surface area contributed by atoms with E-state index in [0.717, 1.165) is 5.56 Å². The summed E-state index contributed by atoms with van der Waals surface area (Å²) >= 11 is 0. The third-order valence-corrected chi connectivity index (χ3v) is 4.78. The van der Waals surface area contributed by atoms with Gasteiger partial charge in [-0.3, -0.25) is 14.9 Å². The molecule has 0 radical (unpaired) electrons. The second-order valence-corrected chi connectivity index (χ2v) is 6.75. The van der Waals surface area contributed by atoms with Gasteiger partial charge < -0.3 is 14.7 Å². The van der Waals surface area contributed by atoms with Crippen LogP contribution in [0.1, 0.15) is 38.7 Å². The molecular weight excluding hydrogens is 387 g/mol. The number of rotatable bonds is 9. The van der Waals surface area contributed by atoms with E-state index >= 15 is 0 Å². The number of carboxylic acid groups (broad SMARTS) is 1. The van der Waals surface area contributed by atoms with Crippen LogP contribution < -0.4 is 5.32 Å². The molecule has 0 aliphatic carbocycles. The first-order chi connectivity index (χ1) is 12.9. The molecule has 1 aromatic rings. The third-order valence-electron chi connectivity index (χ3n) is 4.78. The summed E-state index contributed by atoms with van der Waals surface area (Å²) in [5, 5.41) is 12.3. The van der Waals surface area contributed by atoms with Gasteiger partial charge in [-0.1, -0.05) is 30.3 Å². The molecule has 28 heavy (non-hydrogen) atoms. The molecular formula is C20H29KN2O5. The summed E-state index contributed by atoms with van der Waals surface area (Å²) in [6.45, 7) is 4.09. The van der Waals surface area contributed by atoms with Gasteiger partial charge in [0, 0.05) is 6.54 Å². The maximum absolute atomic E-state index is 12.7. The topological polar surface area (TPSA) is 95.9 Å². The van der Waals surface area contributed by atoms with Crippen LogP contribution in [0.25, 0.3) is 0 Å². The summed E-state index contributed by atoms with van der Waals surface area (Å²) in [5.74, 6) is -1.68. The number of ether oxygens (including phenoxy) is 1.